The third-order valence-electron chi connectivity index (χ3n) is 3.83. The largest absolute Gasteiger partial charge is 0.379 e. The summed E-state index contributed by atoms with van der Waals surface area (Å²) in [5.74, 6) is 0. The Hall–Kier alpha value is -1.77. The molecule has 0 amide bonds. The average Bonchev–Trinajstić information content (AvgIpc) is 2.85. The molecular formula is C17H25N3. The fourth-order valence-corrected chi connectivity index (χ4v) is 2.56. The van der Waals surface area contributed by atoms with Crippen molar-refractivity contribution in [1.82, 2.24) is 9.78 Å². The lowest BCUT2D eigenvalue weighted by Crippen LogP contribution is -2.08. The average molecular weight is 271 g/mol. The van der Waals surface area contributed by atoms with Gasteiger partial charge < -0.3 is 5.32 Å². The summed E-state index contributed by atoms with van der Waals surface area (Å²) in [5.41, 5.74) is 6.47. The summed E-state index contributed by atoms with van der Waals surface area (Å²) in [6.07, 6.45) is 3.10. The van der Waals surface area contributed by atoms with Crippen LogP contribution >= 0.6 is 0 Å². The molecule has 1 heterocycles. The number of nitrogens with zero attached hydrogens (tertiary/aromatic N) is 2. The summed E-state index contributed by atoms with van der Waals surface area (Å²) in [6.45, 7) is 7.38. The van der Waals surface area contributed by atoms with E-state index in [9.17, 15) is 0 Å². The summed E-state index contributed by atoms with van der Waals surface area (Å²) in [7, 11) is 2.02. The fourth-order valence-electron chi connectivity index (χ4n) is 2.56. The molecule has 0 atom stereocenters. The molecule has 0 radical (unpaired) electrons. The Morgan fingerprint density at radius 3 is 2.20 bits per heavy atom. The van der Waals surface area contributed by atoms with Gasteiger partial charge in [0.1, 0.15) is 0 Å². The Morgan fingerprint density at radius 2 is 1.70 bits per heavy atom. The van der Waals surface area contributed by atoms with Crippen LogP contribution in [-0.4, -0.2) is 9.78 Å². The molecule has 0 aliphatic rings. The SMILES string of the molecule is CCc1cc(CNc2c(CC)cccc2CC)n(C)n1. The molecular weight excluding hydrogens is 246 g/mol. The summed E-state index contributed by atoms with van der Waals surface area (Å²) in [6, 6.07) is 8.76. The van der Waals surface area contributed by atoms with Crippen molar-refractivity contribution in [2.45, 2.75) is 46.6 Å². The molecule has 2 rings (SSSR count). The minimum Gasteiger partial charge on any atom is -0.379 e. The van der Waals surface area contributed by atoms with Crippen molar-refractivity contribution in [2.75, 3.05) is 5.32 Å². The third kappa shape index (κ3) is 3.03. The Labute approximate surface area is 122 Å². The molecule has 0 saturated heterocycles. The molecule has 0 bridgehead atoms. The van der Waals surface area contributed by atoms with E-state index >= 15 is 0 Å². The monoisotopic (exact) mass is 271 g/mol. The van der Waals surface area contributed by atoms with Crippen LogP contribution in [0.5, 0.6) is 0 Å². The van der Waals surface area contributed by atoms with E-state index in [2.05, 4.69) is 55.5 Å². The maximum Gasteiger partial charge on any atom is 0.0625 e. The number of rotatable bonds is 6. The molecule has 1 aromatic carbocycles. The predicted octanol–water partition coefficient (Wildman–Crippen LogP) is 3.72. The molecule has 3 nitrogen and oxygen atoms in total. The van der Waals surface area contributed by atoms with E-state index < -0.39 is 0 Å². The van der Waals surface area contributed by atoms with Crippen molar-refractivity contribution in [1.29, 1.82) is 0 Å². The standard InChI is InChI=1S/C17H25N3/c1-5-13-9-8-10-14(6-2)17(13)18-12-16-11-15(7-3)19-20(16)4/h8-11,18H,5-7,12H2,1-4H3. The van der Waals surface area contributed by atoms with Crippen molar-refractivity contribution in [3.8, 4) is 0 Å². The number of nitrogens with one attached hydrogen (secondary N) is 1. The van der Waals surface area contributed by atoms with E-state index in [1.54, 1.807) is 0 Å². The van der Waals surface area contributed by atoms with E-state index in [0.29, 0.717) is 0 Å². The van der Waals surface area contributed by atoms with Gasteiger partial charge in [0.05, 0.1) is 17.9 Å². The van der Waals surface area contributed by atoms with Crippen LogP contribution < -0.4 is 5.32 Å². The zero-order valence-electron chi connectivity index (χ0n) is 13.0. The maximum atomic E-state index is 4.50. The van der Waals surface area contributed by atoms with Gasteiger partial charge >= 0.3 is 0 Å². The first kappa shape index (κ1) is 14.6. The van der Waals surface area contributed by atoms with E-state index in [1.165, 1.54) is 22.5 Å². The fraction of sp³-hybridized carbons (Fsp3) is 0.471. The van der Waals surface area contributed by atoms with Crippen LogP contribution in [0.3, 0.4) is 0 Å². The van der Waals surface area contributed by atoms with Crippen LogP contribution in [0.15, 0.2) is 24.3 Å². The highest BCUT2D eigenvalue weighted by Gasteiger charge is 2.08. The number of hydrogen-bond acceptors (Lipinski definition) is 2. The summed E-state index contributed by atoms with van der Waals surface area (Å²) in [4.78, 5) is 0. The summed E-state index contributed by atoms with van der Waals surface area (Å²) in [5, 5.41) is 8.12. The van der Waals surface area contributed by atoms with Crippen LogP contribution in [0.25, 0.3) is 0 Å². The molecule has 1 N–H and O–H groups in total. The molecule has 20 heavy (non-hydrogen) atoms. The van der Waals surface area contributed by atoms with Crippen LogP contribution in [0.2, 0.25) is 0 Å². The van der Waals surface area contributed by atoms with Crippen LogP contribution in [-0.2, 0) is 32.9 Å². The third-order valence-corrected chi connectivity index (χ3v) is 3.83. The second-order valence-corrected chi connectivity index (χ2v) is 5.12. The summed E-state index contributed by atoms with van der Waals surface area (Å²) < 4.78 is 1.98. The second kappa shape index (κ2) is 6.60. The lowest BCUT2D eigenvalue weighted by atomic mass is 10.0. The number of benzene rings is 1. The molecule has 1 aromatic heterocycles. The van der Waals surface area contributed by atoms with Crippen LogP contribution in [0, 0.1) is 0 Å². The van der Waals surface area contributed by atoms with E-state index in [-0.39, 0.29) is 0 Å². The maximum absolute atomic E-state index is 4.50. The van der Waals surface area contributed by atoms with Gasteiger partial charge in [0.25, 0.3) is 0 Å². The number of aromatic nitrogens is 2. The molecule has 3 heteroatoms. The van der Waals surface area contributed by atoms with E-state index in [0.717, 1.165) is 31.5 Å². The molecule has 0 unspecified atom stereocenters. The lowest BCUT2D eigenvalue weighted by molar-refractivity contribution is 0.706. The van der Waals surface area contributed by atoms with Crippen molar-refractivity contribution in [2.24, 2.45) is 7.05 Å². The van der Waals surface area contributed by atoms with Gasteiger partial charge in [-0.05, 0) is 36.5 Å². The zero-order valence-corrected chi connectivity index (χ0v) is 13.0. The van der Waals surface area contributed by atoms with Crippen LogP contribution in [0.4, 0.5) is 5.69 Å². The Bertz CT molecular complexity index is 547. The topological polar surface area (TPSA) is 29.9 Å². The second-order valence-electron chi connectivity index (χ2n) is 5.12. The summed E-state index contributed by atoms with van der Waals surface area (Å²) >= 11 is 0. The molecule has 0 aliphatic heterocycles. The molecule has 2 aromatic rings. The van der Waals surface area contributed by atoms with Crippen molar-refractivity contribution < 1.29 is 0 Å². The van der Waals surface area contributed by atoms with Gasteiger partial charge in [-0.1, -0.05) is 39.0 Å². The van der Waals surface area contributed by atoms with Crippen LogP contribution in [0.1, 0.15) is 43.3 Å². The predicted molar refractivity (Wildman–Crippen MR) is 85.1 cm³/mol. The van der Waals surface area contributed by atoms with E-state index in [1.807, 2.05) is 11.7 Å². The van der Waals surface area contributed by atoms with Crippen molar-refractivity contribution in [3.05, 3.63) is 46.8 Å². The molecule has 0 aliphatic carbocycles. The van der Waals surface area contributed by atoms with Crippen molar-refractivity contribution in [3.63, 3.8) is 0 Å². The highest BCUT2D eigenvalue weighted by molar-refractivity contribution is 5.58. The smallest absolute Gasteiger partial charge is 0.0625 e. The quantitative estimate of drug-likeness (QED) is 0.867. The molecule has 108 valence electrons. The molecule has 0 fully saturated rings. The highest BCUT2D eigenvalue weighted by atomic mass is 15.3. The first-order valence-electron chi connectivity index (χ1n) is 7.55. The molecule has 0 saturated carbocycles. The van der Waals surface area contributed by atoms with Gasteiger partial charge in [0.2, 0.25) is 0 Å². The van der Waals surface area contributed by atoms with Gasteiger partial charge in [-0.25, -0.2) is 0 Å². The number of para-hydroxylation sites is 1. The Morgan fingerprint density at radius 1 is 1.05 bits per heavy atom. The number of anilines is 1. The van der Waals surface area contributed by atoms with E-state index in [4.69, 9.17) is 0 Å². The van der Waals surface area contributed by atoms with Gasteiger partial charge in [0, 0.05) is 12.7 Å². The number of aryl methyl sites for hydroxylation is 4. The van der Waals surface area contributed by atoms with Crippen molar-refractivity contribution >= 4 is 5.69 Å². The van der Waals surface area contributed by atoms with Gasteiger partial charge in [-0.15, -0.1) is 0 Å². The first-order chi connectivity index (χ1) is 9.69. The molecule has 0 spiro atoms. The first-order valence-corrected chi connectivity index (χ1v) is 7.55. The zero-order chi connectivity index (χ0) is 14.5. The number of hydrogen-bond donors (Lipinski definition) is 1. The minimum atomic E-state index is 0.827. The van der Waals surface area contributed by atoms with Gasteiger partial charge in [0.15, 0.2) is 0 Å². The lowest BCUT2D eigenvalue weighted by Gasteiger charge is -2.15. The Balaban J connectivity index is 2.19. The van der Waals surface area contributed by atoms with Gasteiger partial charge in [-0.2, -0.15) is 5.10 Å². The normalized spacial score (nSPS) is 10.8. The van der Waals surface area contributed by atoms with Gasteiger partial charge in [-0.3, -0.25) is 4.68 Å². The Kier molecular flexibility index (Phi) is 4.83. The minimum absolute atomic E-state index is 0.827. The highest BCUT2D eigenvalue weighted by Crippen LogP contribution is 2.23.